The van der Waals surface area contributed by atoms with Crippen LogP contribution in [0.2, 0.25) is 0 Å². The molecule has 0 bridgehead atoms. The maximum absolute atomic E-state index is 15.0. The molecule has 0 spiro atoms. The molecule has 14 nitrogen and oxygen atoms in total. The SMILES string of the molecule is Nc1ncc(C2CCC(O)CC2)nc1-c1ccc(C(=O)N[C@H](CO)c2cc(F)cc(CF)c2)c(F)c1.Nc1ncc(C2CCC(O)CC2)nc1-c1ccc(C(=O)N[C@H](CO)c2cc(F)cc(CF)c2)c(F)c1. The van der Waals surface area contributed by atoms with Crippen LogP contribution in [0, 0.1) is 23.3 Å². The van der Waals surface area contributed by atoms with E-state index in [0.29, 0.717) is 48.2 Å². The van der Waals surface area contributed by atoms with Gasteiger partial charge in [0.1, 0.15) is 59.6 Å². The standard InChI is InChI=1S/2C26H27F3N4O3/c2*27-11-14-7-17(9-18(28)8-14)23(13-34)33-26(36)20-6-3-16(10-21(20)29)24-25(30)31-12-22(32-24)15-1-4-19(35)5-2-15/h2*3,6-10,12,15,19,23,34-35H,1-2,4-5,11,13H2,(H2,30,31)(H,33,36)/t2*15?,19?,23-/m11/s1. The molecule has 2 amide bonds. The fourth-order valence-electron chi connectivity index (χ4n) is 8.93. The van der Waals surface area contributed by atoms with E-state index in [0.717, 1.165) is 62.1 Å². The first kappa shape index (κ1) is 52.8. The molecule has 0 radical (unpaired) electrons. The zero-order valence-electron chi connectivity index (χ0n) is 38.8. The normalized spacial score (nSPS) is 18.6. The lowest BCUT2D eigenvalue weighted by Gasteiger charge is -2.25. The Kier molecular flexibility index (Phi) is 17.6. The van der Waals surface area contributed by atoms with Gasteiger partial charge in [-0.2, -0.15) is 0 Å². The van der Waals surface area contributed by atoms with E-state index < -0.39 is 73.7 Å². The number of anilines is 2. The van der Waals surface area contributed by atoms with Crippen LogP contribution >= 0.6 is 0 Å². The summed E-state index contributed by atoms with van der Waals surface area (Å²) in [6, 6.07) is 12.4. The highest BCUT2D eigenvalue weighted by molar-refractivity contribution is 5.96. The van der Waals surface area contributed by atoms with E-state index in [9.17, 15) is 47.6 Å². The van der Waals surface area contributed by atoms with E-state index >= 15 is 8.78 Å². The lowest BCUT2D eigenvalue weighted by atomic mass is 9.85. The number of alkyl halides is 2. The van der Waals surface area contributed by atoms with Gasteiger partial charge in [-0.25, -0.2) is 46.3 Å². The molecule has 2 aromatic heterocycles. The van der Waals surface area contributed by atoms with E-state index in [4.69, 9.17) is 11.5 Å². The fourth-order valence-corrected chi connectivity index (χ4v) is 8.93. The summed E-state index contributed by atoms with van der Waals surface area (Å²) in [5, 5.41) is 43.8. The molecule has 0 aliphatic heterocycles. The number of hydrogen-bond donors (Lipinski definition) is 8. The zero-order valence-corrected chi connectivity index (χ0v) is 38.8. The lowest BCUT2D eigenvalue weighted by Crippen LogP contribution is -2.31. The molecule has 2 saturated carbocycles. The molecule has 2 atom stereocenters. The number of carbonyl (C=O) groups is 2. The van der Waals surface area contributed by atoms with Crippen LogP contribution < -0.4 is 22.1 Å². The molecule has 0 saturated heterocycles. The van der Waals surface area contributed by atoms with E-state index in [1.165, 1.54) is 36.4 Å². The summed E-state index contributed by atoms with van der Waals surface area (Å²) in [4.78, 5) is 43.1. The van der Waals surface area contributed by atoms with Crippen molar-refractivity contribution in [1.29, 1.82) is 0 Å². The quantitative estimate of drug-likeness (QED) is 0.0486. The van der Waals surface area contributed by atoms with Gasteiger partial charge in [0.25, 0.3) is 11.8 Å². The van der Waals surface area contributed by atoms with Crippen LogP contribution in [0.25, 0.3) is 22.5 Å². The van der Waals surface area contributed by atoms with Crippen molar-refractivity contribution in [3.05, 3.63) is 153 Å². The first-order valence-electron chi connectivity index (χ1n) is 23.3. The minimum absolute atomic E-state index is 0.0542. The minimum Gasteiger partial charge on any atom is -0.394 e. The number of hydrogen-bond acceptors (Lipinski definition) is 12. The van der Waals surface area contributed by atoms with Gasteiger partial charge in [0.05, 0.1) is 72.4 Å². The number of amides is 2. The number of nitrogens with one attached hydrogen (secondary N) is 2. The van der Waals surface area contributed by atoms with E-state index in [1.807, 2.05) is 0 Å². The Bertz CT molecular complexity index is 2690. The molecule has 8 rings (SSSR count). The van der Waals surface area contributed by atoms with Crippen molar-refractivity contribution in [2.45, 2.75) is 101 Å². The molecule has 380 valence electrons. The zero-order chi connectivity index (χ0) is 51.6. The Morgan fingerprint density at radius 3 is 1.28 bits per heavy atom. The van der Waals surface area contributed by atoms with Crippen molar-refractivity contribution in [3.8, 4) is 22.5 Å². The Hall–Kier alpha value is -7.00. The van der Waals surface area contributed by atoms with Gasteiger partial charge >= 0.3 is 0 Å². The van der Waals surface area contributed by atoms with Crippen LogP contribution in [0.4, 0.5) is 38.0 Å². The molecular formula is C52H54F6N8O6. The second-order valence-electron chi connectivity index (χ2n) is 17.9. The Balaban J connectivity index is 0.000000211. The molecule has 20 heteroatoms. The van der Waals surface area contributed by atoms with Crippen molar-refractivity contribution < 1.29 is 56.4 Å². The maximum atomic E-state index is 15.0. The summed E-state index contributed by atoms with van der Waals surface area (Å²) in [6.45, 7) is -3.03. The highest BCUT2D eigenvalue weighted by Gasteiger charge is 2.27. The number of aromatic nitrogens is 4. The Labute approximate surface area is 410 Å². The van der Waals surface area contributed by atoms with Gasteiger partial charge < -0.3 is 42.5 Å². The third kappa shape index (κ3) is 12.9. The van der Waals surface area contributed by atoms with Gasteiger partial charge in [-0.05, 0) is 122 Å². The van der Waals surface area contributed by atoms with Crippen LogP contribution in [0.15, 0.2) is 85.2 Å². The second kappa shape index (κ2) is 23.9. The third-order valence-corrected chi connectivity index (χ3v) is 12.9. The Morgan fingerprint density at radius 1 is 0.569 bits per heavy atom. The summed E-state index contributed by atoms with van der Waals surface area (Å²) in [5.41, 5.74) is 14.5. The largest absolute Gasteiger partial charge is 0.394 e. The third-order valence-electron chi connectivity index (χ3n) is 12.9. The van der Waals surface area contributed by atoms with Crippen LogP contribution in [0.3, 0.4) is 0 Å². The summed E-state index contributed by atoms with van der Waals surface area (Å²) < 4.78 is 83.6. The summed E-state index contributed by atoms with van der Waals surface area (Å²) in [6.07, 6.45) is 8.29. The number of aliphatic hydroxyl groups is 4. The number of aliphatic hydroxyl groups excluding tert-OH is 4. The molecule has 6 aromatic rings. The summed E-state index contributed by atoms with van der Waals surface area (Å²) in [5.74, 6) is -4.34. The van der Waals surface area contributed by atoms with Crippen LogP contribution in [-0.2, 0) is 13.3 Å². The molecule has 10 N–H and O–H groups in total. The van der Waals surface area contributed by atoms with Gasteiger partial charge in [0.15, 0.2) is 0 Å². The summed E-state index contributed by atoms with van der Waals surface area (Å²) in [7, 11) is 0. The highest BCUT2D eigenvalue weighted by Crippen LogP contribution is 2.36. The number of nitrogens with zero attached hydrogens (tertiary/aromatic N) is 4. The topological polar surface area (TPSA) is 243 Å². The molecule has 0 unspecified atom stereocenters. The molecular weight excluding hydrogens is 947 g/mol. The van der Waals surface area contributed by atoms with Crippen molar-refractivity contribution in [2.24, 2.45) is 0 Å². The monoisotopic (exact) mass is 1000 g/mol. The molecule has 2 heterocycles. The lowest BCUT2D eigenvalue weighted by molar-refractivity contribution is 0.0904. The van der Waals surface area contributed by atoms with E-state index in [-0.39, 0.29) is 80.4 Å². The average molecular weight is 1000 g/mol. The predicted molar refractivity (Wildman–Crippen MR) is 255 cm³/mol. The van der Waals surface area contributed by atoms with Gasteiger partial charge in [-0.3, -0.25) is 9.59 Å². The molecule has 2 aliphatic rings. The van der Waals surface area contributed by atoms with Crippen LogP contribution in [0.5, 0.6) is 0 Å². The number of nitrogens with two attached hydrogens (primary N) is 2. The van der Waals surface area contributed by atoms with Crippen LogP contribution in [0.1, 0.15) is 130 Å². The van der Waals surface area contributed by atoms with Crippen molar-refractivity contribution in [1.82, 2.24) is 30.6 Å². The maximum Gasteiger partial charge on any atom is 0.254 e. The average Bonchev–Trinajstić information content (AvgIpc) is 3.37. The minimum atomic E-state index is -1.07. The van der Waals surface area contributed by atoms with Crippen molar-refractivity contribution in [3.63, 3.8) is 0 Å². The molecule has 72 heavy (non-hydrogen) atoms. The van der Waals surface area contributed by atoms with E-state index in [1.54, 1.807) is 12.4 Å². The second-order valence-corrected chi connectivity index (χ2v) is 17.9. The van der Waals surface area contributed by atoms with Gasteiger partial charge in [0.2, 0.25) is 0 Å². The number of rotatable bonds is 14. The van der Waals surface area contributed by atoms with Gasteiger partial charge in [0, 0.05) is 23.0 Å². The van der Waals surface area contributed by atoms with Crippen molar-refractivity contribution in [2.75, 3.05) is 24.7 Å². The van der Waals surface area contributed by atoms with E-state index in [2.05, 4.69) is 30.6 Å². The number of nitrogen functional groups attached to an aromatic ring is 2. The first-order valence-corrected chi connectivity index (χ1v) is 23.3. The van der Waals surface area contributed by atoms with Gasteiger partial charge in [-0.15, -0.1) is 0 Å². The van der Waals surface area contributed by atoms with Gasteiger partial charge in [-0.1, -0.05) is 24.3 Å². The number of halogens is 6. The van der Waals surface area contributed by atoms with Crippen LogP contribution in [-0.4, -0.2) is 77.6 Å². The summed E-state index contributed by atoms with van der Waals surface area (Å²) >= 11 is 0. The number of carbonyl (C=O) groups excluding carboxylic acids is 2. The highest BCUT2D eigenvalue weighted by atomic mass is 19.1. The smallest absolute Gasteiger partial charge is 0.254 e. The molecule has 2 fully saturated rings. The molecule has 2 aliphatic carbocycles. The fraction of sp³-hybridized carbons (Fsp3) is 0.346. The Morgan fingerprint density at radius 2 is 0.944 bits per heavy atom. The molecule has 4 aromatic carbocycles. The predicted octanol–water partition coefficient (Wildman–Crippen LogP) is 7.91. The number of benzene rings is 4. The van der Waals surface area contributed by atoms with Crippen molar-refractivity contribution >= 4 is 23.5 Å². The first-order chi connectivity index (χ1) is 34.6.